The van der Waals surface area contributed by atoms with E-state index in [0.717, 1.165) is 18.8 Å². The quantitative estimate of drug-likeness (QED) is 0.729. The van der Waals surface area contributed by atoms with Crippen molar-refractivity contribution in [1.82, 2.24) is 4.98 Å². The van der Waals surface area contributed by atoms with Crippen LogP contribution in [-0.4, -0.2) is 28.8 Å². The van der Waals surface area contributed by atoms with Crippen LogP contribution in [0.3, 0.4) is 0 Å². The summed E-state index contributed by atoms with van der Waals surface area (Å²) in [7, 11) is 0. The number of aromatic nitrogens is 1. The number of β-amino-alcohol motifs (C(OH)–C–C–N with tert-alkyl or cyclic N) is 1. The highest BCUT2D eigenvalue weighted by Crippen LogP contribution is 2.26. The number of hydrogen-bond acceptors (Lipinski definition) is 3. The van der Waals surface area contributed by atoms with Gasteiger partial charge in [-0.1, -0.05) is 6.07 Å². The second-order valence-corrected chi connectivity index (χ2v) is 4.31. The molecule has 76 valence electrons. The van der Waals surface area contributed by atoms with Gasteiger partial charge in [0.2, 0.25) is 0 Å². The molecule has 2 heterocycles. The van der Waals surface area contributed by atoms with E-state index in [0.29, 0.717) is 6.54 Å². The van der Waals surface area contributed by atoms with E-state index in [9.17, 15) is 5.11 Å². The lowest BCUT2D eigenvalue weighted by molar-refractivity contribution is 0.0839. The highest BCUT2D eigenvalue weighted by atomic mass is 16.3. The molecule has 1 aliphatic rings. The molecule has 0 aliphatic carbocycles. The highest BCUT2D eigenvalue weighted by Gasteiger charge is 2.32. The summed E-state index contributed by atoms with van der Waals surface area (Å²) in [5.41, 5.74) is 0.620. The molecule has 0 aromatic carbocycles. The second kappa shape index (κ2) is 3.24. The molecule has 1 N–H and O–H groups in total. The molecule has 1 aromatic heterocycles. The van der Waals surface area contributed by atoms with E-state index in [1.807, 2.05) is 13.0 Å². The van der Waals surface area contributed by atoms with Gasteiger partial charge in [0.25, 0.3) is 0 Å². The predicted molar refractivity (Wildman–Crippen MR) is 56.4 cm³/mol. The molecule has 14 heavy (non-hydrogen) atoms. The largest absolute Gasteiger partial charge is 0.388 e. The second-order valence-electron chi connectivity index (χ2n) is 4.31. The third kappa shape index (κ3) is 1.73. The van der Waals surface area contributed by atoms with Crippen LogP contribution in [0, 0.1) is 6.92 Å². The Balaban J connectivity index is 2.22. The third-order valence-electron chi connectivity index (χ3n) is 2.73. The molecular formula is C11H16N2O. The zero-order valence-corrected chi connectivity index (χ0v) is 8.70. The lowest BCUT2D eigenvalue weighted by Crippen LogP contribution is -2.30. The summed E-state index contributed by atoms with van der Waals surface area (Å²) < 4.78 is 0. The summed E-state index contributed by atoms with van der Waals surface area (Å²) in [5, 5.41) is 9.85. The van der Waals surface area contributed by atoms with Crippen LogP contribution < -0.4 is 4.90 Å². The van der Waals surface area contributed by atoms with E-state index in [1.165, 1.54) is 5.56 Å². The van der Waals surface area contributed by atoms with Crippen molar-refractivity contribution in [3.63, 3.8) is 0 Å². The molecule has 3 nitrogen and oxygen atoms in total. The maximum atomic E-state index is 9.85. The Morgan fingerprint density at radius 1 is 1.57 bits per heavy atom. The van der Waals surface area contributed by atoms with Gasteiger partial charge in [0.05, 0.1) is 5.60 Å². The van der Waals surface area contributed by atoms with Crippen molar-refractivity contribution in [3.05, 3.63) is 23.9 Å². The van der Waals surface area contributed by atoms with Crippen LogP contribution in [0.1, 0.15) is 18.9 Å². The van der Waals surface area contributed by atoms with Crippen molar-refractivity contribution >= 4 is 5.82 Å². The van der Waals surface area contributed by atoms with Crippen LogP contribution in [0.5, 0.6) is 0 Å². The first-order valence-corrected chi connectivity index (χ1v) is 4.97. The Morgan fingerprint density at radius 3 is 2.93 bits per heavy atom. The van der Waals surface area contributed by atoms with Gasteiger partial charge in [-0.05, 0) is 31.9 Å². The standard InChI is InChI=1S/C11H16N2O/c1-9-4-3-6-12-10(9)13-7-5-11(2,14)8-13/h3-4,6,14H,5,7-8H2,1-2H3. The number of hydrogen-bond donors (Lipinski definition) is 1. The Morgan fingerprint density at radius 2 is 2.36 bits per heavy atom. The van der Waals surface area contributed by atoms with E-state index in [-0.39, 0.29) is 0 Å². The molecule has 0 bridgehead atoms. The van der Waals surface area contributed by atoms with Crippen LogP contribution in [0.15, 0.2) is 18.3 Å². The van der Waals surface area contributed by atoms with Crippen LogP contribution in [0.2, 0.25) is 0 Å². The molecule has 2 rings (SSSR count). The minimum absolute atomic E-state index is 0.552. The normalized spacial score (nSPS) is 26.9. The van der Waals surface area contributed by atoms with Crippen molar-refractivity contribution in [2.75, 3.05) is 18.0 Å². The molecule has 1 aromatic rings. The SMILES string of the molecule is Cc1cccnc1N1CCC(C)(O)C1. The van der Waals surface area contributed by atoms with Crippen molar-refractivity contribution in [3.8, 4) is 0 Å². The summed E-state index contributed by atoms with van der Waals surface area (Å²) in [6.45, 7) is 5.51. The van der Waals surface area contributed by atoms with Crippen LogP contribution in [0.25, 0.3) is 0 Å². The molecule has 1 atom stereocenters. The van der Waals surface area contributed by atoms with Gasteiger partial charge >= 0.3 is 0 Å². The van der Waals surface area contributed by atoms with Gasteiger partial charge in [-0.3, -0.25) is 0 Å². The van der Waals surface area contributed by atoms with Crippen LogP contribution >= 0.6 is 0 Å². The van der Waals surface area contributed by atoms with Gasteiger partial charge < -0.3 is 10.0 Å². The van der Waals surface area contributed by atoms with Crippen molar-refractivity contribution < 1.29 is 5.11 Å². The van der Waals surface area contributed by atoms with Crippen LogP contribution in [-0.2, 0) is 0 Å². The minimum atomic E-state index is -0.552. The number of aliphatic hydroxyl groups is 1. The number of pyridine rings is 1. The van der Waals surface area contributed by atoms with E-state index in [1.54, 1.807) is 6.20 Å². The summed E-state index contributed by atoms with van der Waals surface area (Å²) in [6, 6.07) is 3.99. The van der Waals surface area contributed by atoms with Gasteiger partial charge in [0, 0.05) is 19.3 Å². The average Bonchev–Trinajstić information content (AvgIpc) is 2.47. The third-order valence-corrected chi connectivity index (χ3v) is 2.73. The molecule has 1 unspecified atom stereocenters. The van der Waals surface area contributed by atoms with Gasteiger partial charge in [-0.25, -0.2) is 4.98 Å². The lowest BCUT2D eigenvalue weighted by Gasteiger charge is -2.21. The fourth-order valence-corrected chi connectivity index (χ4v) is 1.93. The van der Waals surface area contributed by atoms with Gasteiger partial charge in [-0.15, -0.1) is 0 Å². The zero-order chi connectivity index (χ0) is 10.2. The lowest BCUT2D eigenvalue weighted by atomic mass is 10.1. The Labute approximate surface area is 84.4 Å². The van der Waals surface area contributed by atoms with Gasteiger partial charge in [-0.2, -0.15) is 0 Å². The van der Waals surface area contributed by atoms with E-state index >= 15 is 0 Å². The minimum Gasteiger partial charge on any atom is -0.388 e. The molecule has 1 aliphatic heterocycles. The van der Waals surface area contributed by atoms with E-state index in [4.69, 9.17) is 0 Å². The van der Waals surface area contributed by atoms with Crippen LogP contribution in [0.4, 0.5) is 5.82 Å². The first-order valence-electron chi connectivity index (χ1n) is 4.97. The number of aryl methyl sites for hydroxylation is 1. The zero-order valence-electron chi connectivity index (χ0n) is 8.70. The van der Waals surface area contributed by atoms with E-state index < -0.39 is 5.60 Å². The molecule has 0 saturated carbocycles. The molecule has 1 fully saturated rings. The molecule has 3 heteroatoms. The van der Waals surface area contributed by atoms with Crippen molar-refractivity contribution in [2.45, 2.75) is 25.9 Å². The smallest absolute Gasteiger partial charge is 0.131 e. The Kier molecular flexibility index (Phi) is 2.19. The topological polar surface area (TPSA) is 36.4 Å². The number of rotatable bonds is 1. The molecule has 0 radical (unpaired) electrons. The number of nitrogens with zero attached hydrogens (tertiary/aromatic N) is 2. The Bertz CT molecular complexity index is 336. The maximum absolute atomic E-state index is 9.85. The summed E-state index contributed by atoms with van der Waals surface area (Å²) in [4.78, 5) is 6.49. The Hall–Kier alpha value is -1.09. The summed E-state index contributed by atoms with van der Waals surface area (Å²) >= 11 is 0. The fourth-order valence-electron chi connectivity index (χ4n) is 1.93. The first-order chi connectivity index (χ1) is 6.58. The molecule has 1 saturated heterocycles. The highest BCUT2D eigenvalue weighted by molar-refractivity contribution is 5.47. The predicted octanol–water partition coefficient (Wildman–Crippen LogP) is 1.35. The maximum Gasteiger partial charge on any atom is 0.131 e. The monoisotopic (exact) mass is 192 g/mol. The van der Waals surface area contributed by atoms with Gasteiger partial charge in [0.1, 0.15) is 5.82 Å². The molecular weight excluding hydrogens is 176 g/mol. The average molecular weight is 192 g/mol. The summed E-state index contributed by atoms with van der Waals surface area (Å²) in [5.74, 6) is 1.00. The summed E-state index contributed by atoms with van der Waals surface area (Å²) in [6.07, 6.45) is 2.62. The van der Waals surface area contributed by atoms with Gasteiger partial charge in [0.15, 0.2) is 0 Å². The fraction of sp³-hybridized carbons (Fsp3) is 0.545. The van der Waals surface area contributed by atoms with Crippen molar-refractivity contribution in [1.29, 1.82) is 0 Å². The molecule has 0 amide bonds. The number of anilines is 1. The van der Waals surface area contributed by atoms with E-state index in [2.05, 4.69) is 22.9 Å². The first kappa shape index (κ1) is 9.46. The van der Waals surface area contributed by atoms with Crippen molar-refractivity contribution in [2.24, 2.45) is 0 Å². The molecule has 0 spiro atoms.